The van der Waals surface area contributed by atoms with Gasteiger partial charge in [0.25, 0.3) is 0 Å². The second-order valence-electron chi connectivity index (χ2n) is 4.85. The van der Waals surface area contributed by atoms with E-state index in [-0.39, 0.29) is 4.90 Å². The molecule has 0 spiro atoms. The highest BCUT2D eigenvalue weighted by atomic mass is 35.5. The summed E-state index contributed by atoms with van der Waals surface area (Å²) in [4.78, 5) is 0.0834. The van der Waals surface area contributed by atoms with E-state index in [0.717, 1.165) is 6.42 Å². The quantitative estimate of drug-likeness (QED) is 0.898. The number of nitrogens with one attached hydrogen (secondary N) is 1. The Bertz CT molecular complexity index is 545. The maximum absolute atomic E-state index is 11.3. The number of hydrogen-bond acceptors (Lipinski definition) is 3. The zero-order valence-corrected chi connectivity index (χ0v) is 11.8. The highest BCUT2D eigenvalue weighted by Gasteiger charge is 2.24. The molecule has 4 nitrogen and oxygen atoms in total. The van der Waals surface area contributed by atoms with Crippen molar-refractivity contribution < 1.29 is 8.42 Å². The molecule has 1 saturated carbocycles. The van der Waals surface area contributed by atoms with Gasteiger partial charge in [-0.25, -0.2) is 13.6 Å². The number of halogens is 1. The van der Waals surface area contributed by atoms with Crippen molar-refractivity contribution in [3.8, 4) is 0 Å². The highest BCUT2D eigenvalue weighted by molar-refractivity contribution is 7.89. The lowest BCUT2D eigenvalue weighted by molar-refractivity contribution is 0.556. The molecule has 18 heavy (non-hydrogen) atoms. The van der Waals surface area contributed by atoms with Crippen LogP contribution in [0.5, 0.6) is 0 Å². The van der Waals surface area contributed by atoms with E-state index in [1.807, 2.05) is 0 Å². The van der Waals surface area contributed by atoms with Crippen molar-refractivity contribution in [1.29, 1.82) is 0 Å². The standard InChI is InChI=1S/C12H17ClN2O2S/c1-8-3-2-4-11(8)15-12-7-9(18(14,16)17)5-6-10(12)13/h5-8,11,15H,2-4H2,1H3,(H2,14,16,17). The number of benzene rings is 1. The molecule has 0 bridgehead atoms. The summed E-state index contributed by atoms with van der Waals surface area (Å²) in [5, 5.41) is 8.95. The molecule has 3 N–H and O–H groups in total. The molecular formula is C12H17ClN2O2S. The van der Waals surface area contributed by atoms with Crippen molar-refractivity contribution in [2.24, 2.45) is 11.1 Å². The normalized spacial score (nSPS) is 24.2. The van der Waals surface area contributed by atoms with Crippen molar-refractivity contribution in [2.75, 3.05) is 5.32 Å². The summed E-state index contributed by atoms with van der Waals surface area (Å²) in [5.74, 6) is 0.569. The van der Waals surface area contributed by atoms with Crippen LogP contribution in [0.2, 0.25) is 5.02 Å². The Labute approximate surface area is 113 Å². The van der Waals surface area contributed by atoms with Crippen LogP contribution in [-0.2, 0) is 10.0 Å². The predicted molar refractivity (Wildman–Crippen MR) is 73.3 cm³/mol. The fraction of sp³-hybridized carbons (Fsp3) is 0.500. The fourth-order valence-corrected chi connectivity index (χ4v) is 3.06. The van der Waals surface area contributed by atoms with Crippen molar-refractivity contribution in [2.45, 2.75) is 37.1 Å². The van der Waals surface area contributed by atoms with Gasteiger partial charge in [0.1, 0.15) is 0 Å². The molecule has 6 heteroatoms. The molecular weight excluding hydrogens is 272 g/mol. The topological polar surface area (TPSA) is 72.2 Å². The minimum atomic E-state index is -3.69. The number of primary sulfonamides is 1. The summed E-state index contributed by atoms with van der Waals surface area (Å²) in [6.07, 6.45) is 3.45. The van der Waals surface area contributed by atoms with Crippen LogP contribution in [0.1, 0.15) is 26.2 Å². The fourth-order valence-electron chi connectivity index (χ4n) is 2.35. The van der Waals surface area contributed by atoms with Gasteiger partial charge >= 0.3 is 0 Å². The minimum absolute atomic E-state index is 0.0834. The van der Waals surface area contributed by atoms with Gasteiger partial charge in [-0.15, -0.1) is 0 Å². The van der Waals surface area contributed by atoms with Crippen LogP contribution in [0.3, 0.4) is 0 Å². The number of anilines is 1. The third kappa shape index (κ3) is 2.96. The van der Waals surface area contributed by atoms with E-state index in [4.69, 9.17) is 16.7 Å². The summed E-state index contributed by atoms with van der Waals surface area (Å²) < 4.78 is 22.6. The molecule has 2 unspecified atom stereocenters. The van der Waals surface area contributed by atoms with E-state index in [2.05, 4.69) is 12.2 Å². The Hall–Kier alpha value is -0.780. The van der Waals surface area contributed by atoms with E-state index in [1.54, 1.807) is 6.07 Å². The number of sulfonamides is 1. The van der Waals surface area contributed by atoms with Crippen LogP contribution < -0.4 is 10.5 Å². The molecule has 0 aliphatic heterocycles. The Balaban J connectivity index is 2.27. The first-order valence-electron chi connectivity index (χ1n) is 5.97. The average molecular weight is 289 g/mol. The summed E-state index contributed by atoms with van der Waals surface area (Å²) in [6, 6.07) is 4.82. The molecule has 1 aromatic carbocycles. The van der Waals surface area contributed by atoms with Gasteiger partial charge in [-0.1, -0.05) is 24.9 Å². The second kappa shape index (κ2) is 5.07. The van der Waals surface area contributed by atoms with Crippen molar-refractivity contribution in [3.05, 3.63) is 23.2 Å². The van der Waals surface area contributed by atoms with E-state index < -0.39 is 10.0 Å². The molecule has 0 saturated heterocycles. The summed E-state index contributed by atoms with van der Waals surface area (Å²) in [5.41, 5.74) is 0.641. The van der Waals surface area contributed by atoms with E-state index in [1.165, 1.54) is 25.0 Å². The van der Waals surface area contributed by atoms with Crippen molar-refractivity contribution in [1.82, 2.24) is 0 Å². The monoisotopic (exact) mass is 288 g/mol. The third-order valence-electron chi connectivity index (χ3n) is 3.47. The van der Waals surface area contributed by atoms with E-state index >= 15 is 0 Å². The zero-order chi connectivity index (χ0) is 13.3. The predicted octanol–water partition coefficient (Wildman–Crippen LogP) is 2.59. The Morgan fingerprint density at radius 1 is 1.39 bits per heavy atom. The van der Waals surface area contributed by atoms with Gasteiger partial charge in [0.2, 0.25) is 10.0 Å². The van der Waals surface area contributed by atoms with Gasteiger partial charge in [-0.3, -0.25) is 0 Å². The summed E-state index contributed by atoms with van der Waals surface area (Å²) in [7, 11) is -3.69. The number of hydrogen-bond donors (Lipinski definition) is 2. The van der Waals surface area contributed by atoms with E-state index in [9.17, 15) is 8.42 Å². The molecule has 0 radical (unpaired) electrons. The zero-order valence-electron chi connectivity index (χ0n) is 10.2. The van der Waals surface area contributed by atoms with Gasteiger partial charge in [-0.05, 0) is 37.0 Å². The molecule has 0 heterocycles. The maximum Gasteiger partial charge on any atom is 0.238 e. The lowest BCUT2D eigenvalue weighted by Crippen LogP contribution is -2.22. The molecule has 1 fully saturated rings. The van der Waals surface area contributed by atoms with Crippen molar-refractivity contribution in [3.63, 3.8) is 0 Å². The van der Waals surface area contributed by atoms with Crippen LogP contribution in [0.25, 0.3) is 0 Å². The molecule has 1 aliphatic carbocycles. The molecule has 2 rings (SSSR count). The Morgan fingerprint density at radius 3 is 2.67 bits per heavy atom. The van der Waals surface area contributed by atoms with Gasteiger partial charge in [0, 0.05) is 6.04 Å². The molecule has 0 amide bonds. The maximum atomic E-state index is 11.3. The minimum Gasteiger partial charge on any atom is -0.381 e. The summed E-state index contributed by atoms with van der Waals surface area (Å²) in [6.45, 7) is 2.18. The Kier molecular flexibility index (Phi) is 3.84. The lowest BCUT2D eigenvalue weighted by atomic mass is 10.1. The third-order valence-corrected chi connectivity index (χ3v) is 4.71. The second-order valence-corrected chi connectivity index (χ2v) is 6.81. The van der Waals surface area contributed by atoms with Crippen LogP contribution in [0.4, 0.5) is 5.69 Å². The first-order chi connectivity index (χ1) is 8.38. The van der Waals surface area contributed by atoms with E-state index in [0.29, 0.717) is 22.7 Å². The number of rotatable bonds is 3. The largest absolute Gasteiger partial charge is 0.381 e. The van der Waals surface area contributed by atoms with Crippen LogP contribution in [0, 0.1) is 5.92 Å². The van der Waals surface area contributed by atoms with Gasteiger partial charge in [0.15, 0.2) is 0 Å². The van der Waals surface area contributed by atoms with Crippen molar-refractivity contribution >= 4 is 27.3 Å². The molecule has 2 atom stereocenters. The lowest BCUT2D eigenvalue weighted by Gasteiger charge is -2.20. The van der Waals surface area contributed by atoms with Crippen LogP contribution in [-0.4, -0.2) is 14.5 Å². The van der Waals surface area contributed by atoms with Crippen LogP contribution in [0.15, 0.2) is 23.1 Å². The molecule has 1 aromatic rings. The summed E-state index contributed by atoms with van der Waals surface area (Å²) >= 11 is 6.07. The first kappa shape index (κ1) is 13.6. The van der Waals surface area contributed by atoms with Crippen LogP contribution >= 0.6 is 11.6 Å². The Morgan fingerprint density at radius 2 is 2.11 bits per heavy atom. The van der Waals surface area contributed by atoms with Gasteiger partial charge in [0.05, 0.1) is 15.6 Å². The smallest absolute Gasteiger partial charge is 0.238 e. The highest BCUT2D eigenvalue weighted by Crippen LogP contribution is 2.31. The van der Waals surface area contributed by atoms with Gasteiger partial charge in [-0.2, -0.15) is 0 Å². The number of nitrogens with two attached hydrogens (primary N) is 1. The van der Waals surface area contributed by atoms with Gasteiger partial charge < -0.3 is 5.32 Å². The first-order valence-corrected chi connectivity index (χ1v) is 7.89. The SMILES string of the molecule is CC1CCCC1Nc1cc(S(N)(=O)=O)ccc1Cl. The molecule has 1 aliphatic rings. The average Bonchev–Trinajstić information content (AvgIpc) is 2.66. The molecule has 100 valence electrons. The molecule has 0 aromatic heterocycles.